The summed E-state index contributed by atoms with van der Waals surface area (Å²) in [5.74, 6) is 0.314. The van der Waals surface area contributed by atoms with Gasteiger partial charge in [-0.2, -0.15) is 0 Å². The Morgan fingerprint density at radius 1 is 1.17 bits per heavy atom. The zero-order valence-corrected chi connectivity index (χ0v) is 15.8. The standard InChI is InChI=1S/C17H28O5Si/c1-6-21-17(18)16(14-7-9-15(19-2)10-8-14)22-13-20-11-12-23(3,4)5/h7-10,16H,6,11-13H2,1-5H3/t16-/m1/s1. The molecule has 0 aliphatic carbocycles. The van der Waals surface area contributed by atoms with Gasteiger partial charge in [0.25, 0.3) is 0 Å². The minimum atomic E-state index is -1.13. The van der Waals surface area contributed by atoms with Crippen molar-refractivity contribution in [2.45, 2.75) is 38.7 Å². The third-order valence-electron chi connectivity index (χ3n) is 3.23. The Balaban J connectivity index is 2.60. The molecule has 1 rings (SSSR count). The van der Waals surface area contributed by atoms with Gasteiger partial charge in [-0.05, 0) is 30.7 Å². The van der Waals surface area contributed by atoms with Gasteiger partial charge >= 0.3 is 5.97 Å². The number of ether oxygens (including phenoxy) is 4. The van der Waals surface area contributed by atoms with E-state index in [2.05, 4.69) is 19.6 Å². The Bertz CT molecular complexity index is 467. The summed E-state index contributed by atoms with van der Waals surface area (Å²) < 4.78 is 21.3. The molecule has 0 saturated carbocycles. The van der Waals surface area contributed by atoms with E-state index >= 15 is 0 Å². The van der Waals surface area contributed by atoms with Crippen LogP contribution in [0.2, 0.25) is 25.7 Å². The molecular formula is C17H28O5Si. The highest BCUT2D eigenvalue weighted by molar-refractivity contribution is 6.76. The molecule has 0 saturated heterocycles. The Hall–Kier alpha value is -1.37. The van der Waals surface area contributed by atoms with Crippen molar-refractivity contribution in [3.63, 3.8) is 0 Å². The van der Waals surface area contributed by atoms with Crippen LogP contribution in [0.15, 0.2) is 24.3 Å². The van der Waals surface area contributed by atoms with Crippen LogP contribution in [-0.2, 0) is 19.0 Å². The topological polar surface area (TPSA) is 54.0 Å². The number of carbonyl (C=O) groups excluding carboxylic acids is 1. The van der Waals surface area contributed by atoms with Gasteiger partial charge in [-0.15, -0.1) is 0 Å². The van der Waals surface area contributed by atoms with Crippen molar-refractivity contribution in [2.75, 3.05) is 27.1 Å². The quantitative estimate of drug-likeness (QED) is 0.282. The van der Waals surface area contributed by atoms with Gasteiger partial charge in [0.15, 0.2) is 6.10 Å². The maximum atomic E-state index is 12.1. The molecule has 0 aliphatic heterocycles. The number of hydrogen-bond acceptors (Lipinski definition) is 5. The number of methoxy groups -OCH3 is 1. The normalized spacial score (nSPS) is 12.7. The second kappa shape index (κ2) is 9.70. The maximum absolute atomic E-state index is 12.1. The lowest BCUT2D eigenvalue weighted by molar-refractivity contribution is -0.167. The minimum absolute atomic E-state index is 0.0694. The van der Waals surface area contributed by atoms with E-state index < -0.39 is 20.1 Å². The molecule has 0 radical (unpaired) electrons. The first-order chi connectivity index (χ1) is 10.9. The number of carbonyl (C=O) groups is 1. The molecule has 0 bridgehead atoms. The lowest BCUT2D eigenvalue weighted by Crippen LogP contribution is -2.23. The third-order valence-corrected chi connectivity index (χ3v) is 4.94. The van der Waals surface area contributed by atoms with Crippen LogP contribution in [0.1, 0.15) is 18.6 Å². The molecule has 0 fully saturated rings. The Labute approximate surface area is 139 Å². The first-order valence-electron chi connectivity index (χ1n) is 7.87. The zero-order chi connectivity index (χ0) is 17.3. The van der Waals surface area contributed by atoms with Crippen LogP contribution in [0.3, 0.4) is 0 Å². The molecule has 6 heteroatoms. The van der Waals surface area contributed by atoms with Gasteiger partial charge in [-0.25, -0.2) is 4.79 Å². The maximum Gasteiger partial charge on any atom is 0.340 e. The largest absolute Gasteiger partial charge is 0.497 e. The fourth-order valence-corrected chi connectivity index (χ4v) is 2.61. The summed E-state index contributed by atoms with van der Waals surface area (Å²) in [7, 11) is 0.468. The van der Waals surface area contributed by atoms with Crippen molar-refractivity contribution in [3.8, 4) is 5.75 Å². The highest BCUT2D eigenvalue weighted by Gasteiger charge is 2.23. The second-order valence-electron chi connectivity index (χ2n) is 6.41. The van der Waals surface area contributed by atoms with E-state index in [4.69, 9.17) is 18.9 Å². The first kappa shape index (κ1) is 19.7. The van der Waals surface area contributed by atoms with Gasteiger partial charge in [0.2, 0.25) is 0 Å². The molecule has 0 heterocycles. The first-order valence-corrected chi connectivity index (χ1v) is 11.6. The van der Waals surface area contributed by atoms with Gasteiger partial charge < -0.3 is 18.9 Å². The molecule has 0 aliphatic rings. The van der Waals surface area contributed by atoms with Crippen molar-refractivity contribution >= 4 is 14.0 Å². The van der Waals surface area contributed by atoms with Gasteiger partial charge in [0.1, 0.15) is 12.5 Å². The van der Waals surface area contributed by atoms with Gasteiger partial charge in [-0.1, -0.05) is 31.8 Å². The summed E-state index contributed by atoms with van der Waals surface area (Å²) in [5.41, 5.74) is 0.720. The van der Waals surface area contributed by atoms with Crippen molar-refractivity contribution in [1.29, 1.82) is 0 Å². The third kappa shape index (κ3) is 7.63. The zero-order valence-electron chi connectivity index (χ0n) is 14.8. The van der Waals surface area contributed by atoms with E-state index in [1.807, 2.05) is 0 Å². The van der Waals surface area contributed by atoms with Gasteiger partial charge in [0.05, 0.1) is 13.7 Å². The number of esters is 1. The predicted octanol–water partition coefficient (Wildman–Crippen LogP) is 3.63. The lowest BCUT2D eigenvalue weighted by Gasteiger charge is -2.19. The van der Waals surface area contributed by atoms with Crippen LogP contribution in [0, 0.1) is 0 Å². The predicted molar refractivity (Wildman–Crippen MR) is 92.4 cm³/mol. The van der Waals surface area contributed by atoms with Crippen LogP contribution >= 0.6 is 0 Å². The van der Waals surface area contributed by atoms with E-state index in [9.17, 15) is 4.79 Å². The molecule has 0 unspecified atom stereocenters. The Kier molecular flexibility index (Phi) is 8.29. The fraction of sp³-hybridized carbons (Fsp3) is 0.588. The molecule has 1 atom stereocenters. The van der Waals surface area contributed by atoms with E-state index in [0.29, 0.717) is 13.2 Å². The average molecular weight is 340 g/mol. The minimum Gasteiger partial charge on any atom is -0.497 e. The van der Waals surface area contributed by atoms with Crippen LogP contribution in [0.4, 0.5) is 0 Å². The second-order valence-corrected chi connectivity index (χ2v) is 12.0. The lowest BCUT2D eigenvalue weighted by atomic mass is 10.1. The Morgan fingerprint density at radius 3 is 2.35 bits per heavy atom. The Morgan fingerprint density at radius 2 is 1.83 bits per heavy atom. The summed E-state index contributed by atoms with van der Waals surface area (Å²) in [6, 6.07) is 8.22. The van der Waals surface area contributed by atoms with Gasteiger partial charge in [-0.3, -0.25) is 0 Å². The van der Waals surface area contributed by atoms with E-state index in [1.54, 1.807) is 38.3 Å². The van der Waals surface area contributed by atoms with Crippen molar-refractivity contribution < 1.29 is 23.7 Å². The molecular weight excluding hydrogens is 312 g/mol. The smallest absolute Gasteiger partial charge is 0.340 e. The van der Waals surface area contributed by atoms with Crippen LogP contribution < -0.4 is 4.74 Å². The summed E-state index contributed by atoms with van der Waals surface area (Å²) in [4.78, 5) is 12.1. The number of benzene rings is 1. The van der Waals surface area contributed by atoms with Crippen LogP contribution in [0.25, 0.3) is 0 Å². The molecule has 0 amide bonds. The van der Waals surface area contributed by atoms with Crippen molar-refractivity contribution in [1.82, 2.24) is 0 Å². The number of hydrogen-bond donors (Lipinski definition) is 0. The summed E-state index contributed by atoms with van der Waals surface area (Å²) in [5, 5.41) is 0. The van der Waals surface area contributed by atoms with Gasteiger partial charge in [0, 0.05) is 14.7 Å². The fourth-order valence-electron chi connectivity index (χ4n) is 1.85. The molecule has 0 spiro atoms. The van der Waals surface area contributed by atoms with Crippen molar-refractivity contribution in [3.05, 3.63) is 29.8 Å². The monoisotopic (exact) mass is 340 g/mol. The summed E-state index contributed by atoms with van der Waals surface area (Å²) in [6.45, 7) is 9.66. The van der Waals surface area contributed by atoms with E-state index in [1.165, 1.54) is 0 Å². The van der Waals surface area contributed by atoms with E-state index in [-0.39, 0.29) is 6.79 Å². The summed E-state index contributed by atoms with van der Waals surface area (Å²) >= 11 is 0. The molecule has 130 valence electrons. The molecule has 5 nitrogen and oxygen atoms in total. The van der Waals surface area contributed by atoms with Crippen LogP contribution in [-0.4, -0.2) is 41.2 Å². The SMILES string of the molecule is CCOC(=O)[C@H](OCOCC[Si](C)(C)C)c1ccc(OC)cc1. The average Bonchev–Trinajstić information content (AvgIpc) is 2.50. The molecule has 0 aromatic heterocycles. The molecule has 1 aromatic rings. The summed E-state index contributed by atoms with van der Waals surface area (Å²) in [6.07, 6.45) is -0.785. The molecule has 23 heavy (non-hydrogen) atoms. The highest BCUT2D eigenvalue weighted by atomic mass is 28.3. The number of rotatable bonds is 10. The molecule has 0 N–H and O–H groups in total. The van der Waals surface area contributed by atoms with Crippen molar-refractivity contribution in [2.24, 2.45) is 0 Å². The van der Waals surface area contributed by atoms with E-state index in [0.717, 1.165) is 17.4 Å². The highest BCUT2D eigenvalue weighted by Crippen LogP contribution is 2.22. The molecule has 1 aromatic carbocycles. The van der Waals surface area contributed by atoms with Crippen LogP contribution in [0.5, 0.6) is 5.75 Å².